The summed E-state index contributed by atoms with van der Waals surface area (Å²) in [6.45, 7) is 0. The van der Waals surface area contributed by atoms with E-state index < -0.39 is 23.3 Å². The molecule has 2 aliphatic carbocycles. The average Bonchev–Trinajstić information content (AvgIpc) is 2.77. The Labute approximate surface area is 75.6 Å². The molecule has 2 aliphatic rings. The number of carbonyl (C=O) groups is 2. The number of hydrogen-bond donors (Lipinski definition) is 2. The summed E-state index contributed by atoms with van der Waals surface area (Å²) in [7, 11) is 0. The van der Waals surface area contributed by atoms with Gasteiger partial charge in [-0.2, -0.15) is 0 Å². The minimum Gasteiger partial charge on any atom is -0.481 e. The first-order valence-corrected chi connectivity index (χ1v) is 4.52. The number of carboxylic acids is 2. The zero-order chi connectivity index (χ0) is 9.64. The Morgan fingerprint density at radius 3 is 2.38 bits per heavy atom. The number of rotatable bonds is 2. The minimum absolute atomic E-state index is 0.251. The second-order valence-corrected chi connectivity index (χ2v) is 4.18. The van der Waals surface area contributed by atoms with Crippen LogP contribution in [0.3, 0.4) is 0 Å². The van der Waals surface area contributed by atoms with E-state index >= 15 is 0 Å². The maximum Gasteiger partial charge on any atom is 0.309 e. The highest BCUT2D eigenvalue weighted by Gasteiger charge is 2.63. The monoisotopic (exact) mass is 184 g/mol. The fourth-order valence-electron chi connectivity index (χ4n) is 2.51. The summed E-state index contributed by atoms with van der Waals surface area (Å²) < 4.78 is 0. The molecule has 0 bridgehead atoms. The van der Waals surface area contributed by atoms with Gasteiger partial charge in [-0.15, -0.1) is 0 Å². The zero-order valence-electron chi connectivity index (χ0n) is 7.19. The molecule has 13 heavy (non-hydrogen) atoms. The summed E-state index contributed by atoms with van der Waals surface area (Å²) in [5.74, 6) is -1.83. The van der Waals surface area contributed by atoms with Crippen LogP contribution in [-0.4, -0.2) is 22.2 Å². The van der Waals surface area contributed by atoms with E-state index in [4.69, 9.17) is 10.2 Å². The van der Waals surface area contributed by atoms with Crippen molar-refractivity contribution >= 4 is 11.9 Å². The maximum atomic E-state index is 10.9. The van der Waals surface area contributed by atoms with Crippen molar-refractivity contribution in [1.29, 1.82) is 0 Å². The van der Waals surface area contributed by atoms with Gasteiger partial charge in [0.05, 0.1) is 11.3 Å². The van der Waals surface area contributed by atoms with Crippen LogP contribution in [0, 0.1) is 17.3 Å². The molecule has 3 atom stereocenters. The summed E-state index contributed by atoms with van der Waals surface area (Å²) in [5.41, 5.74) is -0.665. The number of hydrogen-bond acceptors (Lipinski definition) is 2. The van der Waals surface area contributed by atoms with Crippen LogP contribution in [-0.2, 0) is 9.59 Å². The Morgan fingerprint density at radius 2 is 1.85 bits per heavy atom. The van der Waals surface area contributed by atoms with E-state index in [9.17, 15) is 9.59 Å². The van der Waals surface area contributed by atoms with Gasteiger partial charge in [0.25, 0.3) is 0 Å². The summed E-state index contributed by atoms with van der Waals surface area (Å²) >= 11 is 0. The second kappa shape index (κ2) is 2.47. The van der Waals surface area contributed by atoms with E-state index in [0.29, 0.717) is 19.3 Å². The fraction of sp³-hybridized carbons (Fsp3) is 0.778. The molecule has 3 unspecified atom stereocenters. The first kappa shape index (κ1) is 8.53. The first-order chi connectivity index (χ1) is 6.06. The standard InChI is InChI=1S/C9H12O4/c10-7(11)5-1-2-6-4-9(6,3-5)8(12)13/h5-6H,1-4H2,(H,10,11)(H,12,13). The minimum atomic E-state index is -0.842. The third kappa shape index (κ3) is 1.12. The molecule has 0 spiro atoms. The van der Waals surface area contributed by atoms with Crippen LogP contribution in [0.1, 0.15) is 25.7 Å². The number of aliphatic carboxylic acids is 2. The van der Waals surface area contributed by atoms with Crippen molar-refractivity contribution < 1.29 is 19.8 Å². The predicted octanol–water partition coefficient (Wildman–Crippen LogP) is 0.962. The summed E-state index contributed by atoms with van der Waals surface area (Å²) in [4.78, 5) is 21.6. The van der Waals surface area contributed by atoms with E-state index in [1.165, 1.54) is 0 Å². The molecule has 4 nitrogen and oxygen atoms in total. The zero-order valence-corrected chi connectivity index (χ0v) is 7.19. The van der Waals surface area contributed by atoms with Crippen molar-refractivity contribution in [2.75, 3.05) is 0 Å². The highest BCUT2D eigenvalue weighted by atomic mass is 16.4. The van der Waals surface area contributed by atoms with Crippen molar-refractivity contribution in [3.8, 4) is 0 Å². The molecule has 0 heterocycles. The van der Waals surface area contributed by atoms with Gasteiger partial charge >= 0.3 is 11.9 Å². The lowest BCUT2D eigenvalue weighted by Crippen LogP contribution is -2.29. The molecule has 0 aromatic rings. The van der Waals surface area contributed by atoms with Crippen LogP contribution in [0.4, 0.5) is 0 Å². The molecule has 0 amide bonds. The van der Waals surface area contributed by atoms with Gasteiger partial charge in [0.15, 0.2) is 0 Å². The van der Waals surface area contributed by atoms with E-state index in [-0.39, 0.29) is 5.92 Å². The Morgan fingerprint density at radius 1 is 1.15 bits per heavy atom. The maximum absolute atomic E-state index is 10.9. The van der Waals surface area contributed by atoms with Gasteiger partial charge in [0, 0.05) is 0 Å². The molecule has 0 radical (unpaired) electrons. The van der Waals surface area contributed by atoms with Gasteiger partial charge in [-0.3, -0.25) is 9.59 Å². The molecular weight excluding hydrogens is 172 g/mol. The predicted molar refractivity (Wildman–Crippen MR) is 43.2 cm³/mol. The molecule has 72 valence electrons. The SMILES string of the molecule is O=C(O)C1CCC2CC2(C(=O)O)C1. The van der Waals surface area contributed by atoms with Gasteiger partial charge in [-0.1, -0.05) is 0 Å². The Balaban J connectivity index is 2.11. The van der Waals surface area contributed by atoms with Gasteiger partial charge in [-0.05, 0) is 31.6 Å². The third-order valence-corrected chi connectivity index (χ3v) is 3.48. The van der Waals surface area contributed by atoms with Crippen LogP contribution in [0.2, 0.25) is 0 Å². The Hall–Kier alpha value is -1.06. The largest absolute Gasteiger partial charge is 0.481 e. The molecule has 2 N–H and O–H groups in total. The molecule has 0 aliphatic heterocycles. The highest BCUT2D eigenvalue weighted by molar-refractivity contribution is 5.81. The fourth-order valence-corrected chi connectivity index (χ4v) is 2.51. The Bertz CT molecular complexity index is 273. The summed E-state index contributed by atoms with van der Waals surface area (Å²) in [6, 6.07) is 0. The molecule has 2 fully saturated rings. The highest BCUT2D eigenvalue weighted by Crippen LogP contribution is 2.62. The lowest BCUT2D eigenvalue weighted by atomic mass is 9.81. The first-order valence-electron chi connectivity index (χ1n) is 4.52. The molecule has 2 rings (SSSR count). The van der Waals surface area contributed by atoms with Gasteiger partial charge in [0.1, 0.15) is 0 Å². The molecule has 0 aromatic carbocycles. The van der Waals surface area contributed by atoms with Crippen LogP contribution < -0.4 is 0 Å². The third-order valence-electron chi connectivity index (χ3n) is 3.48. The summed E-state index contributed by atoms with van der Waals surface area (Å²) in [5, 5.41) is 17.7. The molecule has 2 saturated carbocycles. The quantitative estimate of drug-likeness (QED) is 0.670. The van der Waals surface area contributed by atoms with E-state index in [0.717, 1.165) is 6.42 Å². The van der Waals surface area contributed by atoms with E-state index in [1.54, 1.807) is 0 Å². The van der Waals surface area contributed by atoms with Gasteiger partial charge in [-0.25, -0.2) is 0 Å². The topological polar surface area (TPSA) is 74.6 Å². The lowest BCUT2D eigenvalue weighted by molar-refractivity contribution is -0.149. The summed E-state index contributed by atoms with van der Waals surface area (Å²) in [6.07, 6.45) is 2.44. The Kier molecular flexibility index (Phi) is 1.62. The number of carboxylic acid groups (broad SMARTS) is 2. The van der Waals surface area contributed by atoms with Crippen molar-refractivity contribution in [2.45, 2.75) is 25.7 Å². The van der Waals surface area contributed by atoms with E-state index in [1.807, 2.05) is 0 Å². The number of fused-ring (bicyclic) bond motifs is 1. The van der Waals surface area contributed by atoms with Crippen LogP contribution >= 0.6 is 0 Å². The normalized spacial score (nSPS) is 42.2. The van der Waals surface area contributed by atoms with Crippen molar-refractivity contribution in [3.05, 3.63) is 0 Å². The van der Waals surface area contributed by atoms with Crippen molar-refractivity contribution in [2.24, 2.45) is 17.3 Å². The molecular formula is C9H12O4. The van der Waals surface area contributed by atoms with Crippen LogP contribution in [0.15, 0.2) is 0 Å². The second-order valence-electron chi connectivity index (χ2n) is 4.18. The molecule has 4 heteroatoms. The van der Waals surface area contributed by atoms with Gasteiger partial charge < -0.3 is 10.2 Å². The van der Waals surface area contributed by atoms with Crippen LogP contribution in [0.25, 0.3) is 0 Å². The average molecular weight is 184 g/mol. The van der Waals surface area contributed by atoms with Crippen molar-refractivity contribution in [3.63, 3.8) is 0 Å². The smallest absolute Gasteiger partial charge is 0.309 e. The van der Waals surface area contributed by atoms with Gasteiger partial charge in [0.2, 0.25) is 0 Å². The van der Waals surface area contributed by atoms with Crippen LogP contribution in [0.5, 0.6) is 0 Å². The molecule has 0 saturated heterocycles. The molecule has 0 aromatic heterocycles. The van der Waals surface area contributed by atoms with E-state index in [2.05, 4.69) is 0 Å². The lowest BCUT2D eigenvalue weighted by Gasteiger charge is -2.23. The van der Waals surface area contributed by atoms with Crippen molar-refractivity contribution in [1.82, 2.24) is 0 Å².